The van der Waals surface area contributed by atoms with Crippen LogP contribution in [0.5, 0.6) is 5.75 Å². The number of benzene rings is 1. The molecule has 0 amide bonds. The smallest absolute Gasteiger partial charge is 0.307 e. The van der Waals surface area contributed by atoms with Gasteiger partial charge in [-0.3, -0.25) is 9.69 Å². The number of anilines is 1. The van der Waals surface area contributed by atoms with Gasteiger partial charge in [0.2, 0.25) is 5.95 Å². The van der Waals surface area contributed by atoms with Crippen molar-refractivity contribution in [3.63, 3.8) is 0 Å². The molecule has 1 aromatic carbocycles. The summed E-state index contributed by atoms with van der Waals surface area (Å²) in [7, 11) is 2.14. The molecule has 186 valence electrons. The van der Waals surface area contributed by atoms with Gasteiger partial charge in [-0.25, -0.2) is 9.97 Å². The average Bonchev–Trinajstić information content (AvgIpc) is 2.82. The number of likely N-dealkylation sites (N-methyl/N-ethyl adjacent to an activating group) is 1. The molecular weight excluding hydrogens is 524 g/mol. The summed E-state index contributed by atoms with van der Waals surface area (Å²) in [4.78, 5) is 24.5. The minimum absolute atomic E-state index is 0.0614. The predicted octanol–water partition coefficient (Wildman–Crippen LogP) is 4.30. The van der Waals surface area contributed by atoms with E-state index in [1.807, 2.05) is 6.92 Å². The molecule has 0 saturated carbocycles. The summed E-state index contributed by atoms with van der Waals surface area (Å²) in [6, 6.07) is 5.12. The molecule has 0 radical (unpaired) electrons. The van der Waals surface area contributed by atoms with Crippen molar-refractivity contribution in [3.05, 3.63) is 45.7 Å². The maximum atomic E-state index is 11.1. The van der Waals surface area contributed by atoms with Crippen molar-refractivity contribution in [2.75, 3.05) is 51.4 Å². The Morgan fingerprint density at radius 1 is 1.26 bits per heavy atom. The fourth-order valence-corrected chi connectivity index (χ4v) is 4.67. The monoisotopic (exact) mass is 554 g/mol. The van der Waals surface area contributed by atoms with E-state index in [1.54, 1.807) is 30.6 Å². The van der Waals surface area contributed by atoms with Gasteiger partial charge in [0.05, 0.1) is 29.1 Å². The summed E-state index contributed by atoms with van der Waals surface area (Å²) in [5, 5.41) is 9.55. The quantitative estimate of drug-likeness (QED) is 0.388. The Morgan fingerprint density at radius 2 is 1.97 bits per heavy atom. The molecule has 1 N–H and O–H groups in total. The van der Waals surface area contributed by atoms with Gasteiger partial charge < -0.3 is 19.5 Å². The average molecular weight is 556 g/mol. The second kappa shape index (κ2) is 12.7. The molecule has 1 fully saturated rings. The van der Waals surface area contributed by atoms with E-state index in [1.165, 1.54) is 0 Å². The zero-order chi connectivity index (χ0) is 24.6. The van der Waals surface area contributed by atoms with Crippen molar-refractivity contribution >= 4 is 39.4 Å². The lowest BCUT2D eigenvalue weighted by Gasteiger charge is -2.47. The Morgan fingerprint density at radius 3 is 2.62 bits per heavy atom. The number of halogens is 2. The number of piperidine rings is 1. The lowest BCUT2D eigenvalue weighted by Crippen LogP contribution is -2.55. The van der Waals surface area contributed by atoms with Gasteiger partial charge in [-0.1, -0.05) is 17.7 Å². The molecule has 3 rings (SSSR count). The second-order valence-corrected chi connectivity index (χ2v) is 9.79. The van der Waals surface area contributed by atoms with Gasteiger partial charge in [0.15, 0.2) is 0 Å². The highest BCUT2D eigenvalue weighted by Gasteiger charge is 2.38. The number of hydrogen-bond donors (Lipinski definition) is 1. The van der Waals surface area contributed by atoms with E-state index in [0.717, 1.165) is 49.3 Å². The number of hydrogen-bond acceptors (Lipinski definition) is 7. The number of aromatic nitrogens is 2. The largest absolute Gasteiger partial charge is 0.492 e. The van der Waals surface area contributed by atoms with Crippen LogP contribution in [0, 0.1) is 0 Å². The standard InChI is InChI=1S/C24H32BrClN4O4/c1-3-33-13-11-29(2)24(6-9-30(10-7-24)23-27-16-19(25)17-28-23)8-12-34-21-14-18(15-22(31)32)4-5-20(21)26/h4-5,14,16-17H,3,6-13,15H2,1-2H3,(H,31,32). The van der Waals surface area contributed by atoms with Crippen LogP contribution >= 0.6 is 27.5 Å². The topological polar surface area (TPSA) is 88.0 Å². The minimum atomic E-state index is -0.885. The summed E-state index contributed by atoms with van der Waals surface area (Å²) in [5.74, 6) is 0.380. The summed E-state index contributed by atoms with van der Waals surface area (Å²) in [6.07, 6.45) is 6.16. The Bertz CT molecular complexity index is 939. The molecule has 0 spiro atoms. The molecule has 2 heterocycles. The van der Waals surface area contributed by atoms with Crippen LogP contribution in [0.2, 0.25) is 5.02 Å². The van der Waals surface area contributed by atoms with Crippen LogP contribution < -0.4 is 9.64 Å². The molecule has 10 heteroatoms. The summed E-state index contributed by atoms with van der Waals surface area (Å²) in [5.41, 5.74) is 0.604. The lowest BCUT2D eigenvalue weighted by atomic mass is 9.83. The van der Waals surface area contributed by atoms with Gasteiger partial charge in [-0.15, -0.1) is 0 Å². The van der Waals surface area contributed by atoms with Crippen LogP contribution in [-0.2, 0) is 16.0 Å². The van der Waals surface area contributed by atoms with E-state index in [-0.39, 0.29) is 12.0 Å². The Hall–Kier alpha value is -1.94. The van der Waals surface area contributed by atoms with Gasteiger partial charge in [0.1, 0.15) is 5.75 Å². The summed E-state index contributed by atoms with van der Waals surface area (Å²) >= 11 is 9.70. The van der Waals surface area contributed by atoms with E-state index >= 15 is 0 Å². The zero-order valence-electron chi connectivity index (χ0n) is 19.7. The van der Waals surface area contributed by atoms with Crippen LogP contribution in [-0.4, -0.2) is 78.0 Å². The SMILES string of the molecule is CCOCCN(C)C1(CCOc2cc(CC(=O)O)ccc2Cl)CCN(c2ncc(Br)cn2)CC1. The summed E-state index contributed by atoms with van der Waals surface area (Å²) < 4.78 is 12.5. The number of carboxylic acids is 1. The highest BCUT2D eigenvalue weighted by atomic mass is 79.9. The molecule has 1 aliphatic rings. The van der Waals surface area contributed by atoms with Crippen molar-refractivity contribution in [1.29, 1.82) is 0 Å². The molecule has 1 saturated heterocycles. The van der Waals surface area contributed by atoms with E-state index < -0.39 is 5.97 Å². The number of aliphatic carboxylic acids is 1. The molecule has 0 aliphatic carbocycles. The third-order valence-electron chi connectivity index (χ3n) is 6.34. The second-order valence-electron chi connectivity index (χ2n) is 8.46. The number of carboxylic acid groups (broad SMARTS) is 1. The zero-order valence-corrected chi connectivity index (χ0v) is 22.0. The fraction of sp³-hybridized carbons (Fsp3) is 0.542. The molecule has 8 nitrogen and oxygen atoms in total. The summed E-state index contributed by atoms with van der Waals surface area (Å²) in [6.45, 7) is 6.37. The maximum absolute atomic E-state index is 11.1. The number of rotatable bonds is 12. The van der Waals surface area contributed by atoms with Crippen LogP contribution in [0.1, 0.15) is 31.7 Å². The highest BCUT2D eigenvalue weighted by molar-refractivity contribution is 9.10. The number of ether oxygens (including phenoxy) is 2. The van der Waals surface area contributed by atoms with Crippen LogP contribution in [0.15, 0.2) is 35.1 Å². The first-order chi connectivity index (χ1) is 16.3. The molecule has 0 bridgehead atoms. The first kappa shape index (κ1) is 26.7. The van der Waals surface area contributed by atoms with Crippen LogP contribution in [0.3, 0.4) is 0 Å². The van der Waals surface area contributed by atoms with E-state index in [9.17, 15) is 4.79 Å². The number of nitrogens with zero attached hydrogens (tertiary/aromatic N) is 4. The first-order valence-electron chi connectivity index (χ1n) is 11.5. The third kappa shape index (κ3) is 7.28. The molecular formula is C24H32BrClN4O4. The van der Waals surface area contributed by atoms with Gasteiger partial charge in [-0.2, -0.15) is 0 Å². The molecule has 1 aliphatic heterocycles. The van der Waals surface area contributed by atoms with Crippen LogP contribution in [0.25, 0.3) is 0 Å². The Labute approximate surface area is 214 Å². The van der Waals surface area contributed by atoms with Gasteiger partial charge in [0.25, 0.3) is 0 Å². The first-order valence-corrected chi connectivity index (χ1v) is 12.6. The van der Waals surface area contributed by atoms with Crippen molar-refractivity contribution in [2.24, 2.45) is 0 Å². The molecule has 34 heavy (non-hydrogen) atoms. The predicted molar refractivity (Wildman–Crippen MR) is 136 cm³/mol. The lowest BCUT2D eigenvalue weighted by molar-refractivity contribution is -0.136. The minimum Gasteiger partial charge on any atom is -0.492 e. The molecule has 2 aromatic rings. The van der Waals surface area contributed by atoms with E-state index in [2.05, 4.69) is 42.7 Å². The van der Waals surface area contributed by atoms with Crippen molar-refractivity contribution < 1.29 is 19.4 Å². The van der Waals surface area contributed by atoms with Gasteiger partial charge in [0, 0.05) is 44.2 Å². The van der Waals surface area contributed by atoms with Crippen molar-refractivity contribution in [3.8, 4) is 5.75 Å². The van der Waals surface area contributed by atoms with Gasteiger partial charge >= 0.3 is 5.97 Å². The molecule has 0 atom stereocenters. The van der Waals surface area contributed by atoms with Crippen molar-refractivity contribution in [1.82, 2.24) is 14.9 Å². The van der Waals surface area contributed by atoms with Crippen molar-refractivity contribution in [2.45, 2.75) is 38.1 Å². The Balaban J connectivity index is 1.66. The highest BCUT2D eigenvalue weighted by Crippen LogP contribution is 2.34. The molecule has 1 aromatic heterocycles. The van der Waals surface area contributed by atoms with Crippen LogP contribution in [0.4, 0.5) is 5.95 Å². The maximum Gasteiger partial charge on any atom is 0.307 e. The van der Waals surface area contributed by atoms with E-state index in [4.69, 9.17) is 26.2 Å². The Kier molecular flexibility index (Phi) is 9.94. The third-order valence-corrected chi connectivity index (χ3v) is 7.07. The normalized spacial score (nSPS) is 15.5. The molecule has 0 unspecified atom stereocenters. The van der Waals surface area contributed by atoms with E-state index in [0.29, 0.717) is 36.2 Å². The number of carbonyl (C=O) groups is 1. The van der Waals surface area contributed by atoms with Gasteiger partial charge in [-0.05, 0) is 66.9 Å². The fourth-order valence-electron chi connectivity index (χ4n) is 4.29.